The van der Waals surface area contributed by atoms with Gasteiger partial charge in [0.15, 0.2) is 11.9 Å². The summed E-state index contributed by atoms with van der Waals surface area (Å²) in [6.07, 6.45) is -0.710. The Kier molecular flexibility index (Phi) is 5.97. The van der Waals surface area contributed by atoms with Crippen LogP contribution in [0.5, 0.6) is 5.75 Å². The van der Waals surface area contributed by atoms with E-state index in [1.807, 2.05) is 12.1 Å². The van der Waals surface area contributed by atoms with E-state index in [9.17, 15) is 9.59 Å². The molecule has 8 heteroatoms. The van der Waals surface area contributed by atoms with E-state index < -0.39 is 6.10 Å². The maximum atomic E-state index is 12.3. The number of benzene rings is 1. The van der Waals surface area contributed by atoms with Gasteiger partial charge in [0.1, 0.15) is 11.5 Å². The molecule has 1 heterocycles. The fraction of sp³-hybridized carbons (Fsp3) is 0.312. The highest BCUT2D eigenvalue weighted by Crippen LogP contribution is 2.17. The Labute approximate surface area is 148 Å². The second kappa shape index (κ2) is 7.96. The Hall–Kier alpha value is -2.35. The summed E-state index contributed by atoms with van der Waals surface area (Å²) in [5.41, 5.74) is 0. The van der Waals surface area contributed by atoms with Crippen molar-refractivity contribution in [3.8, 4) is 5.75 Å². The number of halogens is 1. The van der Waals surface area contributed by atoms with Gasteiger partial charge in [-0.05, 0) is 38.1 Å². The van der Waals surface area contributed by atoms with Gasteiger partial charge >= 0.3 is 0 Å². The molecule has 2 aromatic rings. The van der Waals surface area contributed by atoms with Crippen LogP contribution in [0.25, 0.3) is 0 Å². The normalized spacial score (nSPS) is 11.7. The minimum Gasteiger partial charge on any atom is -0.481 e. The predicted molar refractivity (Wildman–Crippen MR) is 91.7 cm³/mol. The van der Waals surface area contributed by atoms with Gasteiger partial charge < -0.3 is 19.5 Å². The lowest BCUT2D eigenvalue weighted by molar-refractivity contribution is -0.139. The van der Waals surface area contributed by atoms with E-state index in [1.165, 1.54) is 11.9 Å². The molecule has 1 aromatic heterocycles. The molecule has 0 bridgehead atoms. The molecule has 7 nitrogen and oxygen atoms in total. The van der Waals surface area contributed by atoms with E-state index in [0.29, 0.717) is 17.3 Å². The SMILES string of the molecule is Cc1cc(NC(=O)CN(C)C(=O)[C@@H](C)Oc2ccc(Br)cc2)no1. The van der Waals surface area contributed by atoms with E-state index in [-0.39, 0.29) is 18.4 Å². The van der Waals surface area contributed by atoms with Crippen LogP contribution in [0.15, 0.2) is 39.3 Å². The molecule has 2 amide bonds. The summed E-state index contributed by atoms with van der Waals surface area (Å²) in [5, 5.41) is 6.23. The summed E-state index contributed by atoms with van der Waals surface area (Å²) in [5.74, 6) is 0.818. The van der Waals surface area contributed by atoms with Gasteiger partial charge in [-0.3, -0.25) is 9.59 Å². The first-order valence-corrected chi connectivity index (χ1v) is 8.05. The molecule has 0 unspecified atom stereocenters. The summed E-state index contributed by atoms with van der Waals surface area (Å²) in [7, 11) is 1.54. The summed E-state index contributed by atoms with van der Waals surface area (Å²) < 4.78 is 11.4. The molecule has 1 N–H and O–H groups in total. The number of rotatable bonds is 6. The second-order valence-corrected chi connectivity index (χ2v) is 6.19. The Bertz CT molecular complexity index is 714. The Morgan fingerprint density at radius 3 is 2.62 bits per heavy atom. The fourth-order valence-corrected chi connectivity index (χ4v) is 2.24. The van der Waals surface area contributed by atoms with Gasteiger partial charge in [-0.25, -0.2) is 0 Å². The number of ether oxygens (including phenoxy) is 1. The van der Waals surface area contributed by atoms with Crippen LogP contribution in [0.1, 0.15) is 12.7 Å². The van der Waals surface area contributed by atoms with Crippen molar-refractivity contribution in [2.45, 2.75) is 20.0 Å². The summed E-state index contributed by atoms with van der Waals surface area (Å²) >= 11 is 3.33. The molecule has 2 rings (SSSR count). The molecule has 0 spiro atoms. The number of hydrogen-bond acceptors (Lipinski definition) is 5. The zero-order valence-electron chi connectivity index (χ0n) is 13.6. The number of carbonyl (C=O) groups is 2. The minimum atomic E-state index is -0.710. The lowest BCUT2D eigenvalue weighted by Gasteiger charge is -2.21. The van der Waals surface area contributed by atoms with Crippen LogP contribution in [0.3, 0.4) is 0 Å². The third kappa shape index (κ3) is 5.09. The maximum Gasteiger partial charge on any atom is 0.263 e. The van der Waals surface area contributed by atoms with Crippen molar-refractivity contribution in [3.05, 3.63) is 40.6 Å². The molecule has 1 atom stereocenters. The average Bonchev–Trinajstić information content (AvgIpc) is 2.93. The third-order valence-electron chi connectivity index (χ3n) is 3.13. The monoisotopic (exact) mass is 395 g/mol. The lowest BCUT2D eigenvalue weighted by atomic mass is 10.3. The highest BCUT2D eigenvalue weighted by Gasteiger charge is 2.21. The third-order valence-corrected chi connectivity index (χ3v) is 3.66. The molecule has 0 saturated carbocycles. The minimum absolute atomic E-state index is 0.112. The summed E-state index contributed by atoms with van der Waals surface area (Å²) in [4.78, 5) is 25.5. The van der Waals surface area contributed by atoms with E-state index in [4.69, 9.17) is 9.26 Å². The molecule has 0 aliphatic heterocycles. The van der Waals surface area contributed by atoms with E-state index >= 15 is 0 Å². The number of nitrogens with one attached hydrogen (secondary N) is 1. The largest absolute Gasteiger partial charge is 0.481 e. The average molecular weight is 396 g/mol. The predicted octanol–water partition coefficient (Wildman–Crippen LogP) is 2.61. The number of hydrogen-bond donors (Lipinski definition) is 1. The van der Waals surface area contributed by atoms with Gasteiger partial charge in [0.2, 0.25) is 5.91 Å². The molecule has 24 heavy (non-hydrogen) atoms. The maximum absolute atomic E-state index is 12.3. The molecular formula is C16H18BrN3O4. The molecule has 0 aliphatic carbocycles. The summed E-state index contributed by atoms with van der Waals surface area (Å²) in [6, 6.07) is 8.76. The lowest BCUT2D eigenvalue weighted by Crippen LogP contribution is -2.42. The summed E-state index contributed by atoms with van der Waals surface area (Å²) in [6.45, 7) is 3.25. The Morgan fingerprint density at radius 2 is 2.04 bits per heavy atom. The number of anilines is 1. The van der Waals surface area contributed by atoms with Crippen molar-refractivity contribution in [1.82, 2.24) is 10.1 Å². The molecule has 0 aliphatic rings. The molecule has 128 valence electrons. The van der Waals surface area contributed by atoms with Gasteiger partial charge in [-0.2, -0.15) is 0 Å². The molecule has 0 fully saturated rings. The quantitative estimate of drug-likeness (QED) is 0.812. The zero-order valence-corrected chi connectivity index (χ0v) is 15.2. The molecular weight excluding hydrogens is 378 g/mol. The van der Waals surface area contributed by atoms with E-state index in [2.05, 4.69) is 26.4 Å². The smallest absolute Gasteiger partial charge is 0.263 e. The van der Waals surface area contributed by atoms with Gasteiger partial charge in [0, 0.05) is 17.6 Å². The van der Waals surface area contributed by atoms with Crippen LogP contribution in [0.2, 0.25) is 0 Å². The highest BCUT2D eigenvalue weighted by molar-refractivity contribution is 9.10. The number of aryl methyl sites for hydroxylation is 1. The topological polar surface area (TPSA) is 84.7 Å². The van der Waals surface area contributed by atoms with Crippen LogP contribution in [-0.2, 0) is 9.59 Å². The van der Waals surface area contributed by atoms with E-state index in [1.54, 1.807) is 32.0 Å². The standard InChI is InChI=1S/C16H18BrN3O4/c1-10-8-14(19-24-10)18-15(21)9-20(3)16(22)11(2)23-13-6-4-12(17)5-7-13/h4-8,11H,9H2,1-3H3,(H,18,19,21)/t11-/m1/s1. The van der Waals surface area contributed by atoms with E-state index in [0.717, 1.165) is 4.47 Å². The van der Waals surface area contributed by atoms with Crippen LogP contribution < -0.4 is 10.1 Å². The van der Waals surface area contributed by atoms with Crippen molar-refractivity contribution in [2.24, 2.45) is 0 Å². The van der Waals surface area contributed by atoms with Crippen LogP contribution >= 0.6 is 15.9 Å². The van der Waals surface area contributed by atoms with Crippen molar-refractivity contribution in [1.29, 1.82) is 0 Å². The molecule has 0 radical (unpaired) electrons. The second-order valence-electron chi connectivity index (χ2n) is 5.28. The van der Waals surface area contributed by atoms with Gasteiger partial charge in [0.25, 0.3) is 5.91 Å². The van der Waals surface area contributed by atoms with Crippen molar-refractivity contribution >= 4 is 33.6 Å². The first-order chi connectivity index (χ1) is 11.3. The number of likely N-dealkylation sites (N-methyl/N-ethyl adjacent to an activating group) is 1. The van der Waals surface area contributed by atoms with Gasteiger partial charge in [0.05, 0.1) is 6.54 Å². The van der Waals surface area contributed by atoms with Crippen molar-refractivity contribution in [2.75, 3.05) is 18.9 Å². The van der Waals surface area contributed by atoms with Crippen LogP contribution in [0.4, 0.5) is 5.82 Å². The Balaban J connectivity index is 1.86. The Morgan fingerprint density at radius 1 is 1.38 bits per heavy atom. The zero-order chi connectivity index (χ0) is 17.7. The van der Waals surface area contributed by atoms with Crippen LogP contribution in [0, 0.1) is 6.92 Å². The number of nitrogens with zero attached hydrogens (tertiary/aromatic N) is 2. The highest BCUT2D eigenvalue weighted by atomic mass is 79.9. The molecule has 1 aromatic carbocycles. The van der Waals surface area contributed by atoms with Gasteiger partial charge in [-0.1, -0.05) is 21.1 Å². The number of carbonyl (C=O) groups excluding carboxylic acids is 2. The molecule has 0 saturated heterocycles. The first-order valence-electron chi connectivity index (χ1n) is 7.25. The van der Waals surface area contributed by atoms with Crippen molar-refractivity contribution < 1.29 is 18.8 Å². The van der Waals surface area contributed by atoms with Crippen LogP contribution in [-0.4, -0.2) is 41.6 Å². The first kappa shape index (κ1) is 18.0. The van der Waals surface area contributed by atoms with Gasteiger partial charge in [-0.15, -0.1) is 0 Å². The van der Waals surface area contributed by atoms with Crippen molar-refractivity contribution in [3.63, 3.8) is 0 Å². The number of amides is 2. The fourth-order valence-electron chi connectivity index (χ4n) is 1.98. The number of aromatic nitrogens is 1.